The number of nitrogens with one attached hydrogen (secondary N) is 1. The van der Waals surface area contributed by atoms with Crippen molar-refractivity contribution >= 4 is 5.78 Å². The quantitative estimate of drug-likeness (QED) is 0.323. The van der Waals surface area contributed by atoms with Crippen molar-refractivity contribution in [2.24, 2.45) is 0 Å². The minimum atomic E-state index is -0.116. The second kappa shape index (κ2) is 13.1. The summed E-state index contributed by atoms with van der Waals surface area (Å²) in [6.45, 7) is 9.73. The first-order valence-electron chi connectivity index (χ1n) is 11.7. The van der Waals surface area contributed by atoms with Gasteiger partial charge in [-0.25, -0.2) is 0 Å². The third-order valence-electron chi connectivity index (χ3n) is 5.99. The summed E-state index contributed by atoms with van der Waals surface area (Å²) in [6, 6.07) is 21.4. The zero-order chi connectivity index (χ0) is 21.7. The Labute approximate surface area is 183 Å². The molecule has 0 saturated heterocycles. The Morgan fingerprint density at radius 1 is 0.867 bits per heavy atom. The summed E-state index contributed by atoms with van der Waals surface area (Å²) in [7, 11) is 0. The van der Waals surface area contributed by atoms with E-state index in [1.54, 1.807) is 0 Å². The minimum absolute atomic E-state index is 0.116. The lowest BCUT2D eigenvalue weighted by atomic mass is 9.70. The maximum Gasteiger partial charge on any atom is 0.132 e. The highest BCUT2D eigenvalue weighted by molar-refractivity contribution is 5.78. The average Bonchev–Trinajstić information content (AvgIpc) is 2.77. The van der Waals surface area contributed by atoms with Crippen molar-refractivity contribution < 1.29 is 4.79 Å². The van der Waals surface area contributed by atoms with E-state index >= 15 is 0 Å². The maximum absolute atomic E-state index is 12.1. The van der Waals surface area contributed by atoms with Crippen LogP contribution in [0.5, 0.6) is 0 Å². The van der Waals surface area contributed by atoms with Crippen molar-refractivity contribution in [3.8, 4) is 0 Å². The molecule has 2 aromatic rings. The van der Waals surface area contributed by atoms with Gasteiger partial charge in [-0.1, -0.05) is 87.5 Å². The molecule has 0 aliphatic heterocycles. The van der Waals surface area contributed by atoms with Gasteiger partial charge < -0.3 is 5.32 Å². The molecule has 1 N–H and O–H groups in total. The highest BCUT2D eigenvalue weighted by Crippen LogP contribution is 2.40. The van der Waals surface area contributed by atoms with Crippen molar-refractivity contribution in [2.75, 3.05) is 6.54 Å². The molecule has 0 amide bonds. The number of hydrogen-bond acceptors (Lipinski definition) is 2. The van der Waals surface area contributed by atoms with Crippen LogP contribution in [-0.4, -0.2) is 12.3 Å². The summed E-state index contributed by atoms with van der Waals surface area (Å²) in [5.41, 5.74) is 3.68. The van der Waals surface area contributed by atoms with E-state index in [1.165, 1.54) is 11.1 Å². The molecule has 162 valence electrons. The number of benzene rings is 2. The number of aryl methyl sites for hydroxylation is 1. The molecule has 2 aromatic carbocycles. The predicted molar refractivity (Wildman–Crippen MR) is 129 cm³/mol. The Kier molecular flexibility index (Phi) is 10.4. The van der Waals surface area contributed by atoms with Gasteiger partial charge in [0.1, 0.15) is 5.78 Å². The summed E-state index contributed by atoms with van der Waals surface area (Å²) in [5.74, 6) is 0.386. The molecule has 0 heterocycles. The molecule has 0 aliphatic rings. The van der Waals surface area contributed by atoms with Gasteiger partial charge in [-0.05, 0) is 49.7 Å². The lowest BCUT2D eigenvalue weighted by molar-refractivity contribution is -0.119. The van der Waals surface area contributed by atoms with Crippen LogP contribution in [0, 0.1) is 0 Å². The average molecular weight is 406 g/mol. The zero-order valence-electron chi connectivity index (χ0n) is 19.0. The first-order chi connectivity index (χ1) is 14.6. The molecule has 0 spiro atoms. The number of allylic oxidation sites excluding steroid dienone is 1. The summed E-state index contributed by atoms with van der Waals surface area (Å²) in [6.07, 6.45) is 8.47. The molecule has 0 saturated carbocycles. The first kappa shape index (κ1) is 23.9. The SMILES string of the molecule is C=C(NCCCc1ccccc1)C(CCC)(CCCC(=O)CCC)c1ccccc1. The third-order valence-corrected chi connectivity index (χ3v) is 5.99. The molecule has 2 rings (SSSR count). The van der Waals surface area contributed by atoms with Crippen LogP contribution in [0.15, 0.2) is 72.9 Å². The van der Waals surface area contributed by atoms with Gasteiger partial charge in [-0.3, -0.25) is 4.79 Å². The Morgan fingerprint density at radius 3 is 2.17 bits per heavy atom. The van der Waals surface area contributed by atoms with Crippen LogP contribution in [0.3, 0.4) is 0 Å². The monoisotopic (exact) mass is 405 g/mol. The van der Waals surface area contributed by atoms with E-state index < -0.39 is 0 Å². The summed E-state index contributed by atoms with van der Waals surface area (Å²) < 4.78 is 0. The van der Waals surface area contributed by atoms with Crippen molar-refractivity contribution in [3.05, 3.63) is 84.1 Å². The molecular formula is C28H39NO. The number of carbonyl (C=O) groups excluding carboxylic acids is 1. The molecule has 0 radical (unpaired) electrons. The van der Waals surface area contributed by atoms with Crippen LogP contribution in [0.2, 0.25) is 0 Å². The van der Waals surface area contributed by atoms with Gasteiger partial charge in [0.25, 0.3) is 0 Å². The van der Waals surface area contributed by atoms with Gasteiger partial charge in [-0.15, -0.1) is 0 Å². The van der Waals surface area contributed by atoms with Gasteiger partial charge >= 0.3 is 0 Å². The second-order valence-corrected chi connectivity index (χ2v) is 8.33. The standard InChI is InChI=1S/C28H39NO/c1-4-14-27(30)20-12-22-28(21-5-2,26-18-10-7-11-19-26)24(3)29-23-13-17-25-15-8-6-9-16-25/h6-11,15-16,18-19,29H,3-5,12-14,17,20-23H2,1-2H3. The molecule has 0 bridgehead atoms. The number of hydrogen-bond donors (Lipinski definition) is 1. The van der Waals surface area contributed by atoms with Crippen LogP contribution >= 0.6 is 0 Å². The Hall–Kier alpha value is -2.35. The number of Topliss-reactive ketones (excluding diaryl/α,β-unsaturated/α-hetero) is 1. The lowest BCUT2D eigenvalue weighted by Crippen LogP contribution is -2.36. The van der Waals surface area contributed by atoms with Crippen LogP contribution in [0.4, 0.5) is 0 Å². The molecule has 0 aliphatic carbocycles. The van der Waals surface area contributed by atoms with Crippen molar-refractivity contribution in [1.82, 2.24) is 5.32 Å². The van der Waals surface area contributed by atoms with Gasteiger partial charge in [0.2, 0.25) is 0 Å². The van der Waals surface area contributed by atoms with E-state index in [2.05, 4.69) is 86.4 Å². The number of carbonyl (C=O) groups is 1. The largest absolute Gasteiger partial charge is 0.388 e. The highest BCUT2D eigenvalue weighted by Gasteiger charge is 2.34. The fourth-order valence-corrected chi connectivity index (χ4v) is 4.41. The smallest absolute Gasteiger partial charge is 0.132 e. The summed E-state index contributed by atoms with van der Waals surface area (Å²) >= 11 is 0. The van der Waals surface area contributed by atoms with Gasteiger partial charge in [0.15, 0.2) is 0 Å². The number of rotatable bonds is 15. The Balaban J connectivity index is 2.06. The molecule has 1 unspecified atom stereocenters. The fourth-order valence-electron chi connectivity index (χ4n) is 4.41. The molecule has 0 aromatic heterocycles. The van der Waals surface area contributed by atoms with Crippen LogP contribution < -0.4 is 5.32 Å². The van der Waals surface area contributed by atoms with Crippen molar-refractivity contribution in [3.63, 3.8) is 0 Å². The summed E-state index contributed by atoms with van der Waals surface area (Å²) in [5, 5.41) is 3.66. The molecule has 1 atom stereocenters. The van der Waals surface area contributed by atoms with E-state index in [0.717, 1.165) is 57.2 Å². The van der Waals surface area contributed by atoms with Gasteiger partial charge in [-0.2, -0.15) is 0 Å². The van der Waals surface area contributed by atoms with E-state index in [1.807, 2.05) is 0 Å². The Morgan fingerprint density at radius 2 is 1.53 bits per heavy atom. The predicted octanol–water partition coefficient (Wildman–Crippen LogP) is 7.00. The van der Waals surface area contributed by atoms with Crippen LogP contribution in [-0.2, 0) is 16.6 Å². The van der Waals surface area contributed by atoms with Crippen LogP contribution in [0.1, 0.15) is 76.3 Å². The minimum Gasteiger partial charge on any atom is -0.388 e. The highest BCUT2D eigenvalue weighted by atomic mass is 16.1. The van der Waals surface area contributed by atoms with E-state index in [0.29, 0.717) is 18.6 Å². The lowest BCUT2D eigenvalue weighted by Gasteiger charge is -2.37. The number of ketones is 1. The van der Waals surface area contributed by atoms with E-state index in [-0.39, 0.29) is 5.41 Å². The second-order valence-electron chi connectivity index (χ2n) is 8.33. The van der Waals surface area contributed by atoms with Gasteiger partial charge in [0.05, 0.1) is 0 Å². The van der Waals surface area contributed by atoms with E-state index in [4.69, 9.17) is 0 Å². The normalized spacial score (nSPS) is 12.9. The Bertz CT molecular complexity index is 753. The van der Waals surface area contributed by atoms with Gasteiger partial charge in [0, 0.05) is 30.5 Å². The molecular weight excluding hydrogens is 366 g/mol. The molecule has 2 heteroatoms. The first-order valence-corrected chi connectivity index (χ1v) is 11.7. The maximum atomic E-state index is 12.1. The molecule has 2 nitrogen and oxygen atoms in total. The summed E-state index contributed by atoms with van der Waals surface area (Å²) in [4.78, 5) is 12.1. The van der Waals surface area contributed by atoms with Crippen molar-refractivity contribution in [1.29, 1.82) is 0 Å². The molecule has 0 fully saturated rings. The fraction of sp³-hybridized carbons (Fsp3) is 0.464. The third kappa shape index (κ3) is 7.16. The topological polar surface area (TPSA) is 29.1 Å². The van der Waals surface area contributed by atoms with E-state index in [9.17, 15) is 4.79 Å². The zero-order valence-corrected chi connectivity index (χ0v) is 19.0. The van der Waals surface area contributed by atoms with Crippen molar-refractivity contribution in [2.45, 2.75) is 77.0 Å². The van der Waals surface area contributed by atoms with Crippen LogP contribution in [0.25, 0.3) is 0 Å². The molecule has 30 heavy (non-hydrogen) atoms.